The molecule has 1 aliphatic rings. The number of amides is 1. The van der Waals surface area contributed by atoms with E-state index in [1.807, 2.05) is 4.90 Å². The van der Waals surface area contributed by atoms with Crippen LogP contribution < -0.4 is 5.32 Å². The van der Waals surface area contributed by atoms with E-state index in [0.717, 1.165) is 6.07 Å². The molecule has 1 heterocycles. The van der Waals surface area contributed by atoms with Crippen molar-refractivity contribution in [2.45, 2.75) is 51.6 Å². The molecular formula is C17H23F3N2O2. The fourth-order valence-corrected chi connectivity index (χ4v) is 2.74. The Morgan fingerprint density at radius 3 is 2.58 bits per heavy atom. The minimum atomic E-state index is -4.36. The third-order valence-corrected chi connectivity index (χ3v) is 3.71. The number of hydrogen-bond acceptors (Lipinski definition) is 3. The van der Waals surface area contributed by atoms with Crippen LogP contribution in [0.15, 0.2) is 24.3 Å². The monoisotopic (exact) mass is 344 g/mol. The zero-order valence-corrected chi connectivity index (χ0v) is 14.1. The molecule has 1 amide bonds. The number of carbonyl (C=O) groups is 1. The lowest BCUT2D eigenvalue weighted by atomic mass is 10.1. The van der Waals surface area contributed by atoms with Crippen LogP contribution in [0.4, 0.5) is 18.0 Å². The molecule has 134 valence electrons. The summed E-state index contributed by atoms with van der Waals surface area (Å²) >= 11 is 0. The summed E-state index contributed by atoms with van der Waals surface area (Å²) in [6.07, 6.45) is -4.16. The van der Waals surface area contributed by atoms with Gasteiger partial charge in [-0.25, -0.2) is 4.79 Å². The van der Waals surface area contributed by atoms with E-state index in [2.05, 4.69) is 5.32 Å². The van der Waals surface area contributed by atoms with E-state index < -0.39 is 23.4 Å². The van der Waals surface area contributed by atoms with Gasteiger partial charge in [-0.15, -0.1) is 0 Å². The Bertz CT molecular complexity index is 582. The van der Waals surface area contributed by atoms with Crippen molar-refractivity contribution in [1.82, 2.24) is 10.2 Å². The molecule has 0 saturated carbocycles. The lowest BCUT2D eigenvalue weighted by Gasteiger charge is -2.22. The number of nitrogens with one attached hydrogen (secondary N) is 1. The first kappa shape index (κ1) is 18.6. The van der Waals surface area contributed by atoms with Gasteiger partial charge in [0.15, 0.2) is 0 Å². The minimum absolute atomic E-state index is 0.113. The molecule has 1 aromatic carbocycles. The topological polar surface area (TPSA) is 41.6 Å². The maximum absolute atomic E-state index is 13.0. The molecule has 7 heteroatoms. The summed E-state index contributed by atoms with van der Waals surface area (Å²) in [5.74, 6) is 0. The molecule has 1 aliphatic heterocycles. The Morgan fingerprint density at radius 1 is 1.29 bits per heavy atom. The Hall–Kier alpha value is -1.76. The molecule has 0 radical (unpaired) electrons. The summed E-state index contributed by atoms with van der Waals surface area (Å²) in [7, 11) is 0. The van der Waals surface area contributed by atoms with Crippen molar-refractivity contribution in [3.8, 4) is 0 Å². The zero-order chi connectivity index (χ0) is 18.0. The van der Waals surface area contributed by atoms with Crippen molar-refractivity contribution in [2.75, 3.05) is 13.1 Å². The van der Waals surface area contributed by atoms with Crippen LogP contribution in [-0.2, 0) is 17.5 Å². The highest BCUT2D eigenvalue weighted by atomic mass is 19.4. The van der Waals surface area contributed by atoms with E-state index in [-0.39, 0.29) is 18.2 Å². The standard InChI is InChI=1S/C17H23F3N2O2/c1-16(2,3)24-15(23)21-13-8-9-22(11-13)10-12-6-4-5-7-14(12)17(18,19)20/h4-7,13H,8-11H2,1-3H3,(H,21,23). The van der Waals surface area contributed by atoms with E-state index in [1.54, 1.807) is 26.8 Å². The summed E-state index contributed by atoms with van der Waals surface area (Å²) in [5.41, 5.74) is -0.926. The average Bonchev–Trinajstić information content (AvgIpc) is 2.83. The predicted octanol–water partition coefficient (Wildman–Crippen LogP) is 3.80. The Kier molecular flexibility index (Phi) is 5.42. The number of ether oxygens (including phenoxy) is 1. The van der Waals surface area contributed by atoms with Crippen molar-refractivity contribution < 1.29 is 22.7 Å². The number of benzene rings is 1. The second kappa shape index (κ2) is 7.01. The second-order valence-corrected chi connectivity index (χ2v) is 7.02. The molecule has 4 nitrogen and oxygen atoms in total. The van der Waals surface area contributed by atoms with E-state index in [4.69, 9.17) is 4.74 Å². The number of hydrogen-bond donors (Lipinski definition) is 1. The molecule has 1 aromatic rings. The summed E-state index contributed by atoms with van der Waals surface area (Å²) in [5, 5.41) is 2.77. The normalized spacial score (nSPS) is 19.3. The highest BCUT2D eigenvalue weighted by Crippen LogP contribution is 2.32. The van der Waals surface area contributed by atoms with Gasteiger partial charge in [-0.05, 0) is 38.8 Å². The molecule has 1 fully saturated rings. The van der Waals surface area contributed by atoms with Gasteiger partial charge in [0.1, 0.15) is 5.60 Å². The average molecular weight is 344 g/mol. The molecular weight excluding hydrogens is 321 g/mol. The van der Waals surface area contributed by atoms with Gasteiger partial charge in [0.2, 0.25) is 0 Å². The van der Waals surface area contributed by atoms with Gasteiger partial charge >= 0.3 is 12.3 Å². The van der Waals surface area contributed by atoms with Crippen LogP contribution >= 0.6 is 0 Å². The molecule has 0 spiro atoms. The van der Waals surface area contributed by atoms with Crippen molar-refractivity contribution in [3.63, 3.8) is 0 Å². The number of alkyl carbamates (subject to hydrolysis) is 1. The van der Waals surface area contributed by atoms with Crippen molar-refractivity contribution >= 4 is 6.09 Å². The number of halogens is 3. The van der Waals surface area contributed by atoms with Crippen LogP contribution in [0.25, 0.3) is 0 Å². The predicted molar refractivity (Wildman–Crippen MR) is 84.5 cm³/mol. The molecule has 0 aromatic heterocycles. The molecule has 2 rings (SSSR count). The molecule has 1 saturated heterocycles. The van der Waals surface area contributed by atoms with Gasteiger partial charge in [-0.3, -0.25) is 4.90 Å². The first-order valence-corrected chi connectivity index (χ1v) is 7.91. The van der Waals surface area contributed by atoms with Crippen LogP contribution in [0.5, 0.6) is 0 Å². The number of rotatable bonds is 3. The Balaban J connectivity index is 1.92. The fraction of sp³-hybridized carbons (Fsp3) is 0.588. The summed E-state index contributed by atoms with van der Waals surface area (Å²) in [6.45, 7) is 6.69. The smallest absolute Gasteiger partial charge is 0.416 e. The molecule has 24 heavy (non-hydrogen) atoms. The van der Waals surface area contributed by atoms with Gasteiger partial charge in [0, 0.05) is 25.7 Å². The maximum atomic E-state index is 13.0. The summed E-state index contributed by atoms with van der Waals surface area (Å²) < 4.78 is 44.3. The highest BCUT2D eigenvalue weighted by Gasteiger charge is 2.34. The lowest BCUT2D eigenvalue weighted by Crippen LogP contribution is -2.40. The van der Waals surface area contributed by atoms with Crippen molar-refractivity contribution in [1.29, 1.82) is 0 Å². The van der Waals surface area contributed by atoms with E-state index in [1.165, 1.54) is 12.1 Å². The largest absolute Gasteiger partial charge is 0.444 e. The third kappa shape index (κ3) is 5.40. The minimum Gasteiger partial charge on any atom is -0.444 e. The van der Waals surface area contributed by atoms with Crippen molar-refractivity contribution in [2.24, 2.45) is 0 Å². The second-order valence-electron chi connectivity index (χ2n) is 7.02. The molecule has 1 N–H and O–H groups in total. The summed E-state index contributed by atoms with van der Waals surface area (Å²) in [6, 6.07) is 5.48. The van der Waals surface area contributed by atoms with Crippen LogP contribution in [0, 0.1) is 0 Å². The highest BCUT2D eigenvalue weighted by molar-refractivity contribution is 5.68. The van der Waals surface area contributed by atoms with Crippen LogP contribution in [0.3, 0.4) is 0 Å². The molecule has 1 unspecified atom stereocenters. The van der Waals surface area contributed by atoms with E-state index >= 15 is 0 Å². The van der Waals surface area contributed by atoms with Crippen LogP contribution in [0.1, 0.15) is 38.3 Å². The molecule has 0 aliphatic carbocycles. The lowest BCUT2D eigenvalue weighted by molar-refractivity contribution is -0.138. The van der Waals surface area contributed by atoms with Crippen LogP contribution in [-0.4, -0.2) is 35.7 Å². The fourth-order valence-electron chi connectivity index (χ4n) is 2.74. The van der Waals surface area contributed by atoms with Gasteiger partial charge in [0.05, 0.1) is 5.56 Å². The molecule has 0 bridgehead atoms. The Morgan fingerprint density at radius 2 is 1.96 bits per heavy atom. The zero-order valence-electron chi connectivity index (χ0n) is 14.1. The first-order chi connectivity index (χ1) is 11.0. The van der Waals surface area contributed by atoms with Gasteiger partial charge < -0.3 is 10.1 Å². The van der Waals surface area contributed by atoms with Gasteiger partial charge in [0.25, 0.3) is 0 Å². The summed E-state index contributed by atoms with van der Waals surface area (Å²) in [4.78, 5) is 13.7. The van der Waals surface area contributed by atoms with Gasteiger partial charge in [-0.2, -0.15) is 13.2 Å². The number of carbonyl (C=O) groups excluding carboxylic acids is 1. The quantitative estimate of drug-likeness (QED) is 0.907. The Labute approximate surface area is 140 Å². The number of alkyl halides is 3. The maximum Gasteiger partial charge on any atom is 0.416 e. The third-order valence-electron chi connectivity index (χ3n) is 3.71. The number of nitrogens with zero attached hydrogens (tertiary/aromatic N) is 1. The SMILES string of the molecule is CC(C)(C)OC(=O)NC1CCN(Cc2ccccc2C(F)(F)F)C1. The van der Waals surface area contributed by atoms with E-state index in [0.29, 0.717) is 19.5 Å². The number of likely N-dealkylation sites (tertiary alicyclic amines) is 1. The van der Waals surface area contributed by atoms with Crippen LogP contribution in [0.2, 0.25) is 0 Å². The first-order valence-electron chi connectivity index (χ1n) is 7.91. The molecule has 1 atom stereocenters. The van der Waals surface area contributed by atoms with Crippen molar-refractivity contribution in [3.05, 3.63) is 35.4 Å². The van der Waals surface area contributed by atoms with Gasteiger partial charge in [-0.1, -0.05) is 18.2 Å². The van der Waals surface area contributed by atoms with E-state index in [9.17, 15) is 18.0 Å².